The van der Waals surface area contributed by atoms with Gasteiger partial charge >= 0.3 is 11.9 Å². The number of allylic oxidation sites excluding steroid dienone is 3. The maximum atomic E-state index is 11.7. The van der Waals surface area contributed by atoms with Gasteiger partial charge in [0.05, 0.1) is 11.8 Å². The fraction of sp³-hybridized carbons (Fsp3) is 0.294. The van der Waals surface area contributed by atoms with Crippen molar-refractivity contribution in [3.63, 3.8) is 0 Å². The highest BCUT2D eigenvalue weighted by molar-refractivity contribution is 5.86. The van der Waals surface area contributed by atoms with Gasteiger partial charge in [-0.2, -0.15) is 0 Å². The first kappa shape index (κ1) is 15.0. The van der Waals surface area contributed by atoms with E-state index < -0.39 is 23.8 Å². The lowest BCUT2D eigenvalue weighted by Gasteiger charge is -2.26. The maximum absolute atomic E-state index is 11.7. The van der Waals surface area contributed by atoms with E-state index in [0.717, 1.165) is 0 Å². The van der Waals surface area contributed by atoms with Gasteiger partial charge in [-0.3, -0.25) is 9.59 Å². The molecule has 0 amide bonds. The second-order valence-corrected chi connectivity index (χ2v) is 5.35. The Labute approximate surface area is 123 Å². The van der Waals surface area contributed by atoms with Crippen LogP contribution in [0.5, 0.6) is 0 Å². The Balaban J connectivity index is 2.44. The van der Waals surface area contributed by atoms with Crippen LogP contribution >= 0.6 is 0 Å². The lowest BCUT2D eigenvalue weighted by Crippen LogP contribution is -2.30. The molecule has 0 heterocycles. The molecular weight excluding hydrogens is 268 g/mol. The van der Waals surface area contributed by atoms with Crippen molar-refractivity contribution in [2.24, 2.45) is 11.8 Å². The van der Waals surface area contributed by atoms with E-state index in [1.165, 1.54) is 0 Å². The summed E-state index contributed by atoms with van der Waals surface area (Å²) in [7, 11) is 0. The largest absolute Gasteiger partial charge is 0.481 e. The monoisotopic (exact) mass is 286 g/mol. The van der Waals surface area contributed by atoms with Crippen molar-refractivity contribution in [2.45, 2.75) is 19.3 Å². The zero-order valence-electron chi connectivity index (χ0n) is 11.8. The SMILES string of the molecule is CC1C=CC=C([C@@H](C(=O)O)[C@@H](C(=O)O)c2ccccc2)C1. The molecule has 0 spiro atoms. The van der Waals surface area contributed by atoms with Crippen LogP contribution < -0.4 is 0 Å². The third-order valence-corrected chi connectivity index (χ3v) is 3.73. The fourth-order valence-electron chi connectivity index (χ4n) is 2.76. The molecule has 1 aliphatic carbocycles. The number of carboxylic acid groups (broad SMARTS) is 2. The zero-order chi connectivity index (χ0) is 15.4. The molecule has 3 atom stereocenters. The minimum absolute atomic E-state index is 0.220. The van der Waals surface area contributed by atoms with E-state index in [0.29, 0.717) is 17.6 Å². The van der Waals surface area contributed by atoms with E-state index >= 15 is 0 Å². The van der Waals surface area contributed by atoms with Gasteiger partial charge in [-0.05, 0) is 17.9 Å². The first-order valence-corrected chi connectivity index (χ1v) is 6.88. The molecule has 1 aromatic carbocycles. The summed E-state index contributed by atoms with van der Waals surface area (Å²) >= 11 is 0. The van der Waals surface area contributed by atoms with E-state index in [1.807, 2.05) is 19.1 Å². The van der Waals surface area contributed by atoms with Gasteiger partial charge in [-0.15, -0.1) is 0 Å². The Kier molecular flexibility index (Phi) is 4.58. The summed E-state index contributed by atoms with van der Waals surface area (Å²) in [6.07, 6.45) is 6.10. The average Bonchev–Trinajstić information content (AvgIpc) is 2.44. The molecule has 0 aromatic heterocycles. The summed E-state index contributed by atoms with van der Waals surface area (Å²) in [5, 5.41) is 19.1. The quantitative estimate of drug-likeness (QED) is 0.872. The Morgan fingerprint density at radius 1 is 1.10 bits per heavy atom. The molecule has 4 heteroatoms. The predicted molar refractivity (Wildman–Crippen MR) is 78.9 cm³/mol. The fourth-order valence-corrected chi connectivity index (χ4v) is 2.76. The molecule has 1 aliphatic rings. The van der Waals surface area contributed by atoms with Crippen LogP contribution in [-0.2, 0) is 9.59 Å². The number of rotatable bonds is 5. The topological polar surface area (TPSA) is 74.6 Å². The van der Waals surface area contributed by atoms with Crippen molar-refractivity contribution < 1.29 is 19.8 Å². The van der Waals surface area contributed by atoms with Crippen molar-refractivity contribution in [3.05, 3.63) is 59.7 Å². The minimum Gasteiger partial charge on any atom is -0.481 e. The van der Waals surface area contributed by atoms with Crippen LogP contribution in [0.1, 0.15) is 24.8 Å². The molecule has 0 saturated heterocycles. The molecule has 2 rings (SSSR count). The maximum Gasteiger partial charge on any atom is 0.312 e. The third-order valence-electron chi connectivity index (χ3n) is 3.73. The van der Waals surface area contributed by atoms with E-state index in [4.69, 9.17) is 0 Å². The summed E-state index contributed by atoms with van der Waals surface area (Å²) in [5.74, 6) is -4.11. The second kappa shape index (κ2) is 6.39. The summed E-state index contributed by atoms with van der Waals surface area (Å²) in [4.78, 5) is 23.4. The van der Waals surface area contributed by atoms with Crippen LogP contribution in [0.15, 0.2) is 54.1 Å². The number of aliphatic carboxylic acids is 2. The van der Waals surface area contributed by atoms with E-state index in [9.17, 15) is 19.8 Å². The van der Waals surface area contributed by atoms with Crippen molar-refractivity contribution in [2.75, 3.05) is 0 Å². The molecule has 0 saturated carbocycles. The van der Waals surface area contributed by atoms with Crippen molar-refractivity contribution >= 4 is 11.9 Å². The van der Waals surface area contributed by atoms with Crippen molar-refractivity contribution in [1.29, 1.82) is 0 Å². The number of carboxylic acids is 2. The number of hydrogen-bond acceptors (Lipinski definition) is 2. The Morgan fingerprint density at radius 2 is 1.71 bits per heavy atom. The summed E-state index contributed by atoms with van der Waals surface area (Å²) in [6, 6.07) is 8.56. The molecular formula is C17H18O4. The van der Waals surface area contributed by atoms with Gasteiger partial charge < -0.3 is 10.2 Å². The van der Waals surface area contributed by atoms with Crippen LogP contribution in [0.2, 0.25) is 0 Å². The van der Waals surface area contributed by atoms with Gasteiger partial charge in [-0.25, -0.2) is 0 Å². The highest BCUT2D eigenvalue weighted by atomic mass is 16.4. The van der Waals surface area contributed by atoms with Crippen LogP contribution in [0.4, 0.5) is 0 Å². The Hall–Kier alpha value is -2.36. The van der Waals surface area contributed by atoms with Crippen LogP contribution in [0, 0.1) is 11.8 Å². The van der Waals surface area contributed by atoms with Gasteiger partial charge in [0.1, 0.15) is 0 Å². The van der Waals surface area contributed by atoms with Gasteiger partial charge in [0.15, 0.2) is 0 Å². The number of carbonyl (C=O) groups is 2. The molecule has 110 valence electrons. The van der Waals surface area contributed by atoms with E-state index in [2.05, 4.69) is 0 Å². The van der Waals surface area contributed by atoms with Gasteiger partial charge in [-0.1, -0.05) is 61.1 Å². The molecule has 0 radical (unpaired) electrons. The Morgan fingerprint density at radius 3 is 2.24 bits per heavy atom. The highest BCUT2D eigenvalue weighted by Crippen LogP contribution is 2.35. The molecule has 0 bridgehead atoms. The van der Waals surface area contributed by atoms with Crippen molar-refractivity contribution in [1.82, 2.24) is 0 Å². The summed E-state index contributed by atoms with van der Waals surface area (Å²) in [5.41, 5.74) is 1.18. The average molecular weight is 286 g/mol. The molecule has 0 aliphatic heterocycles. The Bertz CT molecular complexity index is 586. The van der Waals surface area contributed by atoms with Crippen LogP contribution in [0.3, 0.4) is 0 Å². The summed E-state index contributed by atoms with van der Waals surface area (Å²) < 4.78 is 0. The third kappa shape index (κ3) is 3.40. The lowest BCUT2D eigenvalue weighted by atomic mass is 9.77. The molecule has 0 fully saturated rings. The molecule has 4 nitrogen and oxygen atoms in total. The zero-order valence-corrected chi connectivity index (χ0v) is 11.8. The highest BCUT2D eigenvalue weighted by Gasteiger charge is 2.38. The molecule has 1 aromatic rings. The number of hydrogen-bond donors (Lipinski definition) is 2. The minimum atomic E-state index is -1.11. The standard InChI is InChI=1S/C17H18O4/c1-11-6-5-9-13(10-11)15(17(20)21)14(16(18)19)12-7-3-2-4-8-12/h2-9,11,14-15H,10H2,1H3,(H,18,19)(H,20,21)/t11?,14-,15+/m0/s1. The number of benzene rings is 1. The molecule has 1 unspecified atom stereocenters. The van der Waals surface area contributed by atoms with E-state index in [-0.39, 0.29) is 5.92 Å². The summed E-state index contributed by atoms with van der Waals surface area (Å²) in [6.45, 7) is 1.99. The second-order valence-electron chi connectivity index (χ2n) is 5.35. The van der Waals surface area contributed by atoms with Crippen LogP contribution in [-0.4, -0.2) is 22.2 Å². The van der Waals surface area contributed by atoms with Crippen molar-refractivity contribution in [3.8, 4) is 0 Å². The van der Waals surface area contributed by atoms with Crippen LogP contribution in [0.25, 0.3) is 0 Å². The van der Waals surface area contributed by atoms with E-state index in [1.54, 1.807) is 36.4 Å². The van der Waals surface area contributed by atoms with Gasteiger partial charge in [0.2, 0.25) is 0 Å². The van der Waals surface area contributed by atoms with Gasteiger partial charge in [0.25, 0.3) is 0 Å². The first-order valence-electron chi connectivity index (χ1n) is 6.88. The lowest BCUT2D eigenvalue weighted by molar-refractivity contribution is -0.149. The molecule has 2 N–H and O–H groups in total. The van der Waals surface area contributed by atoms with Gasteiger partial charge in [0, 0.05) is 0 Å². The first-order chi connectivity index (χ1) is 10.0. The predicted octanol–water partition coefficient (Wildman–Crippen LogP) is 3.08. The molecule has 21 heavy (non-hydrogen) atoms. The smallest absolute Gasteiger partial charge is 0.312 e. The normalized spacial score (nSPS) is 20.4.